The van der Waals surface area contributed by atoms with Crippen molar-refractivity contribution in [3.05, 3.63) is 0 Å². The van der Waals surface area contributed by atoms with Crippen molar-refractivity contribution in [2.75, 3.05) is 0 Å². The molecule has 0 aliphatic carbocycles. The van der Waals surface area contributed by atoms with Crippen LogP contribution in [0.15, 0.2) is 0 Å². The van der Waals surface area contributed by atoms with Crippen LogP contribution in [0, 0.1) is 0 Å². The van der Waals surface area contributed by atoms with Crippen LogP contribution in [0.25, 0.3) is 0 Å². The molecule has 2 heterocycles. The van der Waals surface area contributed by atoms with E-state index in [1.54, 1.807) is 0 Å². The van der Waals surface area contributed by atoms with Gasteiger partial charge in [0.05, 0.1) is 5.60 Å². The van der Waals surface area contributed by atoms with Crippen molar-refractivity contribution in [1.29, 1.82) is 0 Å². The van der Waals surface area contributed by atoms with Gasteiger partial charge in [-0.1, -0.05) is 0 Å². The number of alkyl halides is 4. The fraction of sp³-hybridized carbons (Fsp3) is 1.00. The van der Waals surface area contributed by atoms with Crippen molar-refractivity contribution >= 4 is 0 Å². The van der Waals surface area contributed by atoms with Crippen LogP contribution < -0.4 is 11.1 Å². The van der Waals surface area contributed by atoms with Crippen LogP contribution >= 0.6 is 0 Å². The Labute approximate surface area is 103 Å². The van der Waals surface area contributed by atoms with E-state index in [1.807, 2.05) is 0 Å². The number of nitrogens with two attached hydrogens (primary N) is 1. The third-order valence-electron chi connectivity index (χ3n) is 4.04. The Hall–Kier alpha value is -0.400. The lowest BCUT2D eigenvalue weighted by Crippen LogP contribution is -2.59. The van der Waals surface area contributed by atoms with E-state index in [0.717, 1.165) is 12.8 Å². The molecule has 2 rings (SSSR count). The van der Waals surface area contributed by atoms with Crippen LogP contribution in [0.3, 0.4) is 0 Å². The van der Waals surface area contributed by atoms with E-state index in [-0.39, 0.29) is 24.9 Å². The van der Waals surface area contributed by atoms with Gasteiger partial charge in [-0.25, -0.2) is 17.6 Å². The summed E-state index contributed by atoms with van der Waals surface area (Å²) in [5.41, 5.74) is 4.10. The Bertz CT molecular complexity index is 301. The SMILES string of the molecule is NC(CC(F)(F)C(F)F)C1(O)CC2CCC(C1)N2. The van der Waals surface area contributed by atoms with Gasteiger partial charge in [-0.05, 0) is 25.7 Å². The molecule has 0 saturated carbocycles. The van der Waals surface area contributed by atoms with Gasteiger partial charge in [-0.2, -0.15) is 0 Å². The van der Waals surface area contributed by atoms with E-state index in [4.69, 9.17) is 5.73 Å². The maximum atomic E-state index is 13.0. The molecule has 0 spiro atoms. The fourth-order valence-corrected chi connectivity index (χ4v) is 3.04. The van der Waals surface area contributed by atoms with E-state index in [9.17, 15) is 22.7 Å². The molecule has 0 aromatic heterocycles. The van der Waals surface area contributed by atoms with Crippen LogP contribution in [-0.4, -0.2) is 41.2 Å². The second-order valence-electron chi connectivity index (χ2n) is 5.52. The first-order chi connectivity index (χ1) is 8.23. The van der Waals surface area contributed by atoms with E-state index in [1.165, 1.54) is 0 Å². The number of piperidine rings is 1. The average Bonchev–Trinajstić information content (AvgIpc) is 2.57. The largest absolute Gasteiger partial charge is 0.388 e. The van der Waals surface area contributed by atoms with Crippen LogP contribution in [0.1, 0.15) is 32.1 Å². The molecule has 2 bridgehead atoms. The van der Waals surface area contributed by atoms with Gasteiger partial charge in [0.15, 0.2) is 0 Å². The topological polar surface area (TPSA) is 58.3 Å². The fourth-order valence-electron chi connectivity index (χ4n) is 3.04. The minimum atomic E-state index is -4.14. The van der Waals surface area contributed by atoms with Gasteiger partial charge in [0.25, 0.3) is 0 Å². The summed E-state index contributed by atoms with van der Waals surface area (Å²) in [5, 5.41) is 13.6. The molecule has 0 radical (unpaired) electrons. The molecule has 7 heteroatoms. The lowest BCUT2D eigenvalue weighted by Gasteiger charge is -2.42. The summed E-state index contributed by atoms with van der Waals surface area (Å²) >= 11 is 0. The van der Waals surface area contributed by atoms with Gasteiger partial charge < -0.3 is 16.2 Å². The number of hydrogen-bond acceptors (Lipinski definition) is 3. The van der Waals surface area contributed by atoms with Gasteiger partial charge in [-0.3, -0.25) is 0 Å². The van der Waals surface area contributed by atoms with E-state index in [0.29, 0.717) is 0 Å². The minimum Gasteiger partial charge on any atom is -0.388 e. The lowest BCUT2D eigenvalue weighted by atomic mass is 9.79. The highest BCUT2D eigenvalue weighted by Gasteiger charge is 2.51. The highest BCUT2D eigenvalue weighted by atomic mass is 19.3. The molecule has 3 nitrogen and oxygen atoms in total. The Morgan fingerprint density at radius 3 is 2.22 bits per heavy atom. The predicted molar refractivity (Wildman–Crippen MR) is 57.7 cm³/mol. The molecule has 2 aliphatic rings. The molecule has 2 saturated heterocycles. The average molecular weight is 270 g/mol. The van der Waals surface area contributed by atoms with Crippen molar-refractivity contribution < 1.29 is 22.7 Å². The van der Waals surface area contributed by atoms with E-state index < -0.39 is 30.4 Å². The van der Waals surface area contributed by atoms with Crippen LogP contribution in [0.5, 0.6) is 0 Å². The summed E-state index contributed by atoms with van der Waals surface area (Å²) in [5.74, 6) is -4.14. The molecule has 0 aromatic rings. The summed E-state index contributed by atoms with van der Waals surface area (Å²) in [6.07, 6.45) is -2.68. The Morgan fingerprint density at radius 2 is 1.78 bits per heavy atom. The first-order valence-electron chi connectivity index (χ1n) is 6.13. The quantitative estimate of drug-likeness (QED) is 0.674. The minimum absolute atomic E-state index is 0.0555. The zero-order valence-corrected chi connectivity index (χ0v) is 9.88. The molecule has 3 atom stereocenters. The van der Waals surface area contributed by atoms with Gasteiger partial charge >= 0.3 is 12.3 Å². The smallest absolute Gasteiger partial charge is 0.309 e. The lowest BCUT2D eigenvalue weighted by molar-refractivity contribution is -0.150. The molecule has 4 N–H and O–H groups in total. The standard InChI is InChI=1S/C11H18F4N2O/c12-9(13)11(14,15)5-8(16)10(18)3-6-1-2-7(4-10)17-6/h6-9,17-18H,1-5,16H2. The summed E-state index contributed by atoms with van der Waals surface area (Å²) < 4.78 is 50.2. The number of hydrogen-bond donors (Lipinski definition) is 3. The summed E-state index contributed by atoms with van der Waals surface area (Å²) in [6.45, 7) is 0. The number of fused-ring (bicyclic) bond motifs is 2. The van der Waals surface area contributed by atoms with Crippen LogP contribution in [-0.2, 0) is 0 Å². The first kappa shape index (κ1) is 14.0. The molecular formula is C11H18F4N2O. The maximum absolute atomic E-state index is 13.0. The molecule has 18 heavy (non-hydrogen) atoms. The predicted octanol–water partition coefficient (Wildman–Crippen LogP) is 1.25. The van der Waals surface area contributed by atoms with E-state index >= 15 is 0 Å². The Balaban J connectivity index is 2.02. The molecular weight excluding hydrogens is 252 g/mol. The van der Waals surface area contributed by atoms with Crippen LogP contribution in [0.4, 0.5) is 17.6 Å². The highest BCUT2D eigenvalue weighted by Crippen LogP contribution is 2.39. The summed E-state index contributed by atoms with van der Waals surface area (Å²) in [4.78, 5) is 0. The number of aliphatic hydroxyl groups is 1. The molecule has 2 aliphatic heterocycles. The van der Waals surface area contributed by atoms with Crippen molar-refractivity contribution in [2.24, 2.45) is 5.73 Å². The Kier molecular flexibility index (Phi) is 3.59. The monoisotopic (exact) mass is 270 g/mol. The number of rotatable bonds is 4. The normalized spacial score (nSPS) is 38.2. The number of nitrogens with one attached hydrogen (secondary N) is 1. The van der Waals surface area contributed by atoms with Gasteiger partial charge in [0.1, 0.15) is 0 Å². The molecule has 0 amide bonds. The molecule has 2 fully saturated rings. The zero-order chi connectivity index (χ0) is 13.6. The van der Waals surface area contributed by atoms with Crippen molar-refractivity contribution in [1.82, 2.24) is 5.32 Å². The van der Waals surface area contributed by atoms with Gasteiger partial charge in [-0.15, -0.1) is 0 Å². The third-order valence-corrected chi connectivity index (χ3v) is 4.04. The second kappa shape index (κ2) is 4.61. The molecule has 0 aromatic carbocycles. The van der Waals surface area contributed by atoms with E-state index in [2.05, 4.69) is 5.32 Å². The summed E-state index contributed by atoms with van der Waals surface area (Å²) in [6, 6.07) is -1.22. The third kappa shape index (κ3) is 2.62. The highest BCUT2D eigenvalue weighted by molar-refractivity contribution is 5.05. The first-order valence-corrected chi connectivity index (χ1v) is 6.13. The van der Waals surface area contributed by atoms with Crippen molar-refractivity contribution in [3.8, 4) is 0 Å². The van der Waals surface area contributed by atoms with Crippen LogP contribution in [0.2, 0.25) is 0 Å². The van der Waals surface area contributed by atoms with Gasteiger partial charge in [0.2, 0.25) is 0 Å². The van der Waals surface area contributed by atoms with Crippen molar-refractivity contribution in [2.45, 2.75) is 68.2 Å². The molecule has 3 unspecified atom stereocenters. The summed E-state index contributed by atoms with van der Waals surface area (Å²) in [7, 11) is 0. The Morgan fingerprint density at radius 1 is 1.28 bits per heavy atom. The van der Waals surface area contributed by atoms with Gasteiger partial charge in [0, 0.05) is 24.5 Å². The second-order valence-corrected chi connectivity index (χ2v) is 5.52. The number of halogens is 4. The van der Waals surface area contributed by atoms with Crippen molar-refractivity contribution in [3.63, 3.8) is 0 Å². The molecule has 106 valence electrons. The maximum Gasteiger partial charge on any atom is 0.309 e. The zero-order valence-electron chi connectivity index (χ0n) is 9.88.